The molecule has 0 unspecified atom stereocenters. The van der Waals surface area contributed by atoms with Crippen molar-refractivity contribution in [3.8, 4) is 11.3 Å². The Morgan fingerprint density at radius 1 is 1.07 bits per heavy atom. The molecule has 4 rings (SSSR count). The molecule has 0 saturated heterocycles. The molecule has 0 saturated carbocycles. The number of hydrogen-bond donors (Lipinski definition) is 0. The first-order valence-corrected chi connectivity index (χ1v) is 9.17. The van der Waals surface area contributed by atoms with Crippen molar-refractivity contribution in [2.24, 2.45) is 0 Å². The Morgan fingerprint density at radius 3 is 2.62 bits per heavy atom. The predicted molar refractivity (Wildman–Crippen MR) is 111 cm³/mol. The third-order valence-corrected chi connectivity index (χ3v) is 4.81. The number of ether oxygens (including phenoxy) is 1. The fourth-order valence-electron chi connectivity index (χ4n) is 3.28. The van der Waals surface area contributed by atoms with Crippen molar-refractivity contribution < 1.29 is 9.53 Å². The minimum Gasteiger partial charge on any atom is -0.465 e. The zero-order valence-corrected chi connectivity index (χ0v) is 16.1. The number of esters is 1. The van der Waals surface area contributed by atoms with E-state index in [4.69, 9.17) is 4.74 Å². The molecular formula is C23H19N3O3. The first-order chi connectivity index (χ1) is 14.1. The van der Waals surface area contributed by atoms with Gasteiger partial charge in [-0.1, -0.05) is 42.5 Å². The second-order valence-corrected chi connectivity index (χ2v) is 6.72. The number of rotatable bonds is 4. The van der Waals surface area contributed by atoms with Crippen LogP contribution in [0.25, 0.3) is 22.2 Å². The Bertz CT molecular complexity index is 1260. The van der Waals surface area contributed by atoms with Gasteiger partial charge in [0.2, 0.25) is 0 Å². The number of carbonyl (C=O) groups is 1. The van der Waals surface area contributed by atoms with E-state index in [0.717, 1.165) is 11.1 Å². The zero-order valence-electron chi connectivity index (χ0n) is 16.1. The van der Waals surface area contributed by atoms with E-state index in [2.05, 4.69) is 10.1 Å². The van der Waals surface area contributed by atoms with Gasteiger partial charge in [0.05, 0.1) is 24.6 Å². The van der Waals surface area contributed by atoms with Crippen molar-refractivity contribution in [3.05, 3.63) is 93.9 Å². The number of aromatic nitrogens is 3. The number of fused-ring (bicyclic) bond motifs is 1. The second-order valence-electron chi connectivity index (χ2n) is 6.72. The quantitative estimate of drug-likeness (QED) is 0.502. The summed E-state index contributed by atoms with van der Waals surface area (Å²) in [5.74, 6) is -0.417. The van der Waals surface area contributed by atoms with Crippen molar-refractivity contribution in [1.82, 2.24) is 14.8 Å². The minimum absolute atomic E-state index is 0.207. The Balaban J connectivity index is 1.94. The number of pyridine rings is 1. The van der Waals surface area contributed by atoms with Crippen LogP contribution in [0.15, 0.2) is 71.7 Å². The summed E-state index contributed by atoms with van der Waals surface area (Å²) in [6.07, 6.45) is 1.63. The highest BCUT2D eigenvalue weighted by Crippen LogP contribution is 2.25. The van der Waals surface area contributed by atoms with Gasteiger partial charge < -0.3 is 4.74 Å². The van der Waals surface area contributed by atoms with Crippen molar-refractivity contribution in [3.63, 3.8) is 0 Å². The highest BCUT2D eigenvalue weighted by Gasteiger charge is 2.16. The fourth-order valence-corrected chi connectivity index (χ4v) is 3.28. The van der Waals surface area contributed by atoms with Crippen LogP contribution in [0.2, 0.25) is 0 Å². The molecule has 0 aliphatic rings. The van der Waals surface area contributed by atoms with E-state index in [1.54, 1.807) is 24.4 Å². The van der Waals surface area contributed by atoms with Crippen LogP contribution in [-0.2, 0) is 11.3 Å². The summed E-state index contributed by atoms with van der Waals surface area (Å²) in [6, 6.07) is 18.6. The number of methoxy groups -OCH3 is 1. The molecule has 0 fully saturated rings. The molecule has 6 nitrogen and oxygen atoms in total. The predicted octanol–water partition coefficient (Wildman–Crippen LogP) is 3.60. The number of nitrogens with zero attached hydrogens (tertiary/aromatic N) is 3. The van der Waals surface area contributed by atoms with E-state index < -0.39 is 5.97 Å². The maximum absolute atomic E-state index is 13.0. The summed E-state index contributed by atoms with van der Waals surface area (Å²) < 4.78 is 6.32. The van der Waals surface area contributed by atoms with Crippen LogP contribution in [-0.4, -0.2) is 27.8 Å². The monoisotopic (exact) mass is 385 g/mol. The van der Waals surface area contributed by atoms with Gasteiger partial charge in [-0.25, -0.2) is 9.48 Å². The smallest absolute Gasteiger partial charge is 0.338 e. The molecule has 0 spiro atoms. The number of carbonyl (C=O) groups excluding carboxylic acids is 1. The van der Waals surface area contributed by atoms with Crippen LogP contribution in [0.3, 0.4) is 0 Å². The summed E-state index contributed by atoms with van der Waals surface area (Å²) in [5, 5.41) is 5.09. The molecule has 2 heterocycles. The summed E-state index contributed by atoms with van der Waals surface area (Å²) in [7, 11) is 1.35. The molecule has 0 bridgehead atoms. The van der Waals surface area contributed by atoms with E-state index in [-0.39, 0.29) is 5.56 Å². The van der Waals surface area contributed by atoms with Crippen LogP contribution < -0.4 is 5.56 Å². The lowest BCUT2D eigenvalue weighted by Gasteiger charge is -2.12. The van der Waals surface area contributed by atoms with E-state index in [1.165, 1.54) is 11.8 Å². The van der Waals surface area contributed by atoms with E-state index in [1.807, 2.05) is 49.4 Å². The molecule has 6 heteroatoms. The van der Waals surface area contributed by atoms with Gasteiger partial charge in [0.25, 0.3) is 5.56 Å². The Hall–Kier alpha value is -3.80. The maximum atomic E-state index is 13.0. The van der Waals surface area contributed by atoms with Gasteiger partial charge in [-0.15, -0.1) is 0 Å². The molecule has 144 valence electrons. The van der Waals surface area contributed by atoms with Crippen LogP contribution in [0.4, 0.5) is 0 Å². The minimum atomic E-state index is -0.417. The molecule has 2 aromatic carbocycles. The summed E-state index contributed by atoms with van der Waals surface area (Å²) in [4.78, 5) is 29.5. The standard InChI is InChI=1S/C23H19N3O3/c1-15-10-11-17(13-19(15)23(28)29-2)20-21-18(9-6-12-24-21)22(27)26(25-20)14-16-7-4-3-5-8-16/h3-13H,14H2,1-2H3. The van der Waals surface area contributed by atoms with Crippen LogP contribution >= 0.6 is 0 Å². The van der Waals surface area contributed by atoms with Gasteiger partial charge in [0.15, 0.2) is 0 Å². The fraction of sp³-hybridized carbons (Fsp3) is 0.130. The molecular weight excluding hydrogens is 366 g/mol. The molecule has 4 aromatic rings. The summed E-state index contributed by atoms with van der Waals surface area (Å²) in [6.45, 7) is 2.18. The van der Waals surface area contributed by atoms with Gasteiger partial charge in [0, 0.05) is 11.8 Å². The van der Waals surface area contributed by atoms with E-state index in [9.17, 15) is 9.59 Å². The van der Waals surface area contributed by atoms with Crippen molar-refractivity contribution in [1.29, 1.82) is 0 Å². The largest absolute Gasteiger partial charge is 0.465 e. The third-order valence-electron chi connectivity index (χ3n) is 4.81. The lowest BCUT2D eigenvalue weighted by molar-refractivity contribution is 0.0600. The third kappa shape index (κ3) is 3.52. The molecule has 0 N–H and O–H groups in total. The van der Waals surface area contributed by atoms with E-state index >= 15 is 0 Å². The van der Waals surface area contributed by atoms with Crippen LogP contribution in [0, 0.1) is 6.92 Å². The number of benzene rings is 2. The Morgan fingerprint density at radius 2 is 1.86 bits per heavy atom. The molecule has 0 amide bonds. The van der Waals surface area contributed by atoms with Gasteiger partial charge in [-0.05, 0) is 36.2 Å². The SMILES string of the molecule is COC(=O)c1cc(-c2nn(Cc3ccccc3)c(=O)c3cccnc23)ccc1C. The van der Waals surface area contributed by atoms with Gasteiger partial charge in [0.1, 0.15) is 11.2 Å². The Kier molecular flexibility index (Phi) is 4.91. The summed E-state index contributed by atoms with van der Waals surface area (Å²) in [5.41, 5.74) is 3.76. The highest BCUT2D eigenvalue weighted by atomic mass is 16.5. The molecule has 0 aliphatic carbocycles. The maximum Gasteiger partial charge on any atom is 0.338 e. The molecule has 0 aliphatic heterocycles. The van der Waals surface area contributed by atoms with E-state index in [0.29, 0.717) is 34.3 Å². The lowest BCUT2D eigenvalue weighted by atomic mass is 10.0. The Labute approximate surface area is 167 Å². The van der Waals surface area contributed by atoms with Crippen molar-refractivity contribution in [2.45, 2.75) is 13.5 Å². The second kappa shape index (κ2) is 7.67. The topological polar surface area (TPSA) is 74.1 Å². The van der Waals surface area contributed by atoms with Crippen LogP contribution in [0.5, 0.6) is 0 Å². The zero-order chi connectivity index (χ0) is 20.4. The average Bonchev–Trinajstić information content (AvgIpc) is 2.76. The van der Waals surface area contributed by atoms with Crippen LogP contribution in [0.1, 0.15) is 21.5 Å². The summed E-state index contributed by atoms with van der Waals surface area (Å²) >= 11 is 0. The van der Waals surface area contributed by atoms with Gasteiger partial charge in [-0.2, -0.15) is 5.10 Å². The number of hydrogen-bond acceptors (Lipinski definition) is 5. The highest BCUT2D eigenvalue weighted by molar-refractivity contribution is 5.95. The van der Waals surface area contributed by atoms with Crippen molar-refractivity contribution >= 4 is 16.9 Å². The molecule has 0 atom stereocenters. The average molecular weight is 385 g/mol. The van der Waals surface area contributed by atoms with Gasteiger partial charge >= 0.3 is 5.97 Å². The molecule has 0 radical (unpaired) electrons. The van der Waals surface area contributed by atoms with Crippen molar-refractivity contribution in [2.75, 3.05) is 7.11 Å². The first-order valence-electron chi connectivity index (χ1n) is 9.17. The lowest BCUT2D eigenvalue weighted by Crippen LogP contribution is -2.24. The number of aryl methyl sites for hydroxylation is 1. The molecule has 2 aromatic heterocycles. The molecule has 29 heavy (non-hydrogen) atoms. The first kappa shape index (κ1) is 18.6. The normalized spacial score (nSPS) is 10.8. The van der Waals surface area contributed by atoms with Gasteiger partial charge in [-0.3, -0.25) is 9.78 Å².